The van der Waals surface area contributed by atoms with Crippen molar-refractivity contribution in [1.82, 2.24) is 0 Å². The van der Waals surface area contributed by atoms with Crippen molar-refractivity contribution in [2.75, 3.05) is 10.0 Å². The van der Waals surface area contributed by atoms with E-state index in [-0.39, 0.29) is 22.8 Å². The van der Waals surface area contributed by atoms with E-state index in [0.29, 0.717) is 0 Å². The fraction of sp³-hybridized carbons (Fsp3) is 0.100. The third-order valence-electron chi connectivity index (χ3n) is 5.05. The summed E-state index contributed by atoms with van der Waals surface area (Å²) in [4.78, 5) is 48.3. The molecule has 0 aromatic heterocycles. The van der Waals surface area contributed by atoms with Gasteiger partial charge in [-0.25, -0.2) is 0 Å². The Labute approximate surface area is 232 Å². The molecule has 39 heavy (non-hydrogen) atoms. The van der Waals surface area contributed by atoms with Crippen LogP contribution in [0.4, 0.5) is 11.4 Å². The Balaban J connectivity index is 1.33. The maximum absolute atomic E-state index is 12.3. The number of anilines is 2. The van der Waals surface area contributed by atoms with Crippen molar-refractivity contribution in [2.24, 2.45) is 10.2 Å². The summed E-state index contributed by atoms with van der Waals surface area (Å²) in [5.41, 5.74) is -0.305. The van der Waals surface area contributed by atoms with Gasteiger partial charge in [-0.1, -0.05) is 0 Å². The quantitative estimate of drug-likeness (QED) is 0.260. The maximum atomic E-state index is 12.3. The van der Waals surface area contributed by atoms with E-state index in [9.17, 15) is 36.0 Å². The van der Waals surface area contributed by atoms with E-state index in [2.05, 4.69) is 10.2 Å². The number of hydrogen-bond donors (Lipinski definition) is 2. The van der Waals surface area contributed by atoms with E-state index in [1.54, 1.807) is 0 Å². The zero-order valence-corrected chi connectivity index (χ0v) is 24.6. The first kappa shape index (κ1) is 28.4. The number of amides is 2. The second-order valence-corrected chi connectivity index (χ2v) is 12.7. The van der Waals surface area contributed by atoms with E-state index in [1.807, 2.05) is 0 Å². The minimum atomic E-state index is -4.44. The molecule has 0 fully saturated rings. The van der Waals surface area contributed by atoms with Crippen LogP contribution in [0, 0.1) is 0 Å². The van der Waals surface area contributed by atoms with Crippen molar-refractivity contribution in [2.45, 2.75) is 22.6 Å². The monoisotopic (exact) mass is 774 g/mol. The summed E-state index contributed by atoms with van der Waals surface area (Å²) in [5.74, 6) is -3.23. The van der Waals surface area contributed by atoms with E-state index < -0.39 is 91.8 Å². The molecule has 4 rings (SSSR count). The first-order chi connectivity index (χ1) is 18.2. The van der Waals surface area contributed by atoms with Gasteiger partial charge in [-0.2, -0.15) is 0 Å². The number of benzene rings is 2. The summed E-state index contributed by atoms with van der Waals surface area (Å²) >= 11 is -2.85. The van der Waals surface area contributed by atoms with Crippen molar-refractivity contribution in [1.29, 1.82) is 0 Å². The van der Waals surface area contributed by atoms with Crippen LogP contribution < -0.4 is 10.0 Å². The Morgan fingerprint density at radius 3 is 1.33 bits per heavy atom. The SMILES string of the molecule is O=C([O][Pb][O]C(=O)C1=NN(c2ccc(S(=O)(=O)O)cc2)C(=O)C1)C1=NN(c2ccc(S(=O)(=O)O)cc2)C(=O)C1. The van der Waals surface area contributed by atoms with Crippen LogP contribution in [0.3, 0.4) is 0 Å². The molecule has 2 radical (unpaired) electrons. The summed E-state index contributed by atoms with van der Waals surface area (Å²) < 4.78 is 72.6. The molecule has 0 spiro atoms. The molecule has 2 aliphatic rings. The van der Waals surface area contributed by atoms with Crippen LogP contribution >= 0.6 is 0 Å². The van der Waals surface area contributed by atoms with E-state index in [1.165, 1.54) is 24.3 Å². The van der Waals surface area contributed by atoms with Crippen LogP contribution in [-0.4, -0.2) is 86.3 Å². The fourth-order valence-electron chi connectivity index (χ4n) is 3.22. The van der Waals surface area contributed by atoms with Crippen LogP contribution in [0.25, 0.3) is 0 Å². The number of carbonyl (C=O) groups is 4. The molecule has 0 unspecified atom stereocenters. The summed E-state index contributed by atoms with van der Waals surface area (Å²) in [6.45, 7) is 0. The van der Waals surface area contributed by atoms with Gasteiger partial charge in [0.2, 0.25) is 0 Å². The van der Waals surface area contributed by atoms with Gasteiger partial charge in [0.1, 0.15) is 0 Å². The molecule has 202 valence electrons. The molecule has 2 aromatic carbocycles. The Hall–Kier alpha value is -3.60. The molecule has 19 heteroatoms. The predicted octanol–water partition coefficient (Wildman–Crippen LogP) is -0.314. The van der Waals surface area contributed by atoms with Crippen LogP contribution in [0.15, 0.2) is 68.5 Å². The molecular weight excluding hydrogens is 760 g/mol. The van der Waals surface area contributed by atoms with E-state index >= 15 is 0 Å². The zero-order chi connectivity index (χ0) is 28.5. The Kier molecular flexibility index (Phi) is 7.92. The van der Waals surface area contributed by atoms with Gasteiger partial charge < -0.3 is 0 Å². The van der Waals surface area contributed by atoms with E-state index in [0.717, 1.165) is 34.3 Å². The molecular formula is C20H14N4O12PbS2. The van der Waals surface area contributed by atoms with Gasteiger partial charge in [-0.3, -0.25) is 0 Å². The summed E-state index contributed by atoms with van der Waals surface area (Å²) in [5, 5.41) is 9.41. The Morgan fingerprint density at radius 2 is 1.03 bits per heavy atom. The number of carbonyl (C=O) groups excluding carboxylic acids is 4. The van der Waals surface area contributed by atoms with Crippen LogP contribution in [0.1, 0.15) is 12.8 Å². The van der Waals surface area contributed by atoms with Gasteiger partial charge in [0.05, 0.1) is 0 Å². The van der Waals surface area contributed by atoms with Gasteiger partial charge in [-0.15, -0.1) is 0 Å². The van der Waals surface area contributed by atoms with E-state index in [4.69, 9.17) is 14.5 Å². The van der Waals surface area contributed by atoms with Crippen LogP contribution in [0.5, 0.6) is 0 Å². The van der Waals surface area contributed by atoms with Gasteiger partial charge in [0.25, 0.3) is 0 Å². The van der Waals surface area contributed by atoms with Crippen molar-refractivity contribution in [3.8, 4) is 0 Å². The Morgan fingerprint density at radius 1 is 0.692 bits per heavy atom. The molecule has 0 atom stereocenters. The Bertz CT molecular complexity index is 1530. The van der Waals surface area contributed by atoms with Crippen LogP contribution in [-0.2, 0) is 44.8 Å². The number of rotatable bonds is 8. The van der Waals surface area contributed by atoms with Gasteiger partial charge in [-0.05, 0) is 0 Å². The number of hydrazone groups is 2. The topological polar surface area (TPSA) is 227 Å². The molecule has 2 heterocycles. The second-order valence-electron chi connectivity index (χ2n) is 7.66. The molecule has 2 aliphatic heterocycles. The average molecular weight is 774 g/mol. The van der Waals surface area contributed by atoms with Crippen molar-refractivity contribution >= 4 is 91.9 Å². The van der Waals surface area contributed by atoms with Crippen LogP contribution in [0.2, 0.25) is 0 Å². The average Bonchev–Trinajstić information content (AvgIpc) is 3.46. The summed E-state index contributed by atoms with van der Waals surface area (Å²) in [6.07, 6.45) is -0.856. The van der Waals surface area contributed by atoms with Gasteiger partial charge in [0, 0.05) is 0 Å². The molecule has 0 saturated heterocycles. The molecule has 0 bridgehead atoms. The summed E-state index contributed by atoms with van der Waals surface area (Å²) in [6, 6.07) is 9.00. The van der Waals surface area contributed by atoms with Crippen molar-refractivity contribution < 1.29 is 50.5 Å². The first-order valence-corrected chi connectivity index (χ1v) is 16.4. The molecule has 2 N–H and O–H groups in total. The standard InChI is InChI=1S/2C10H8N2O6S.Pb/c2*13-9-5-8(10(14)15)11-12(9)6-1-3-7(4-2-6)19(16,17)18;/h2*1-4H,5H2,(H,14,15)(H,16,17,18);/q;;+2/p-2. The molecule has 16 nitrogen and oxygen atoms in total. The third kappa shape index (κ3) is 6.52. The van der Waals surface area contributed by atoms with Gasteiger partial charge in [0.15, 0.2) is 0 Å². The van der Waals surface area contributed by atoms with Gasteiger partial charge >= 0.3 is 234 Å². The zero-order valence-electron chi connectivity index (χ0n) is 19.1. The second kappa shape index (κ2) is 10.9. The minimum absolute atomic E-state index is 0.130. The summed E-state index contributed by atoms with van der Waals surface area (Å²) in [7, 11) is -8.88. The molecule has 0 aliphatic carbocycles. The van der Waals surface area contributed by atoms with Crippen molar-refractivity contribution in [3.63, 3.8) is 0 Å². The number of hydrogen-bond acceptors (Lipinski definition) is 12. The molecule has 2 aromatic rings. The van der Waals surface area contributed by atoms with Crippen molar-refractivity contribution in [3.05, 3.63) is 48.5 Å². The molecule has 2 amide bonds. The predicted molar refractivity (Wildman–Crippen MR) is 130 cm³/mol. The number of nitrogens with zero attached hydrogens (tertiary/aromatic N) is 4. The fourth-order valence-corrected chi connectivity index (χ4v) is 5.85. The normalized spacial score (nSPS) is 15.7. The third-order valence-corrected chi connectivity index (χ3v) is 8.87. The molecule has 0 saturated carbocycles. The first-order valence-electron chi connectivity index (χ1n) is 10.4.